The molecule has 0 heterocycles. The van der Waals surface area contributed by atoms with Gasteiger partial charge in [-0.05, 0) is 33.6 Å². The first-order chi connectivity index (χ1) is 5.52. The highest BCUT2D eigenvalue weighted by Gasteiger charge is 2.16. The van der Waals surface area contributed by atoms with Crippen LogP contribution >= 0.6 is 0 Å². The molecule has 1 unspecified atom stereocenters. The number of ether oxygens (including phenoxy) is 1. The predicted molar refractivity (Wildman–Crippen MR) is 53.5 cm³/mol. The molecule has 0 aliphatic heterocycles. The van der Waals surface area contributed by atoms with Gasteiger partial charge in [-0.15, -0.1) is 0 Å². The first-order valence-electron chi connectivity index (χ1n) is 4.78. The Balaban J connectivity index is 3.60. The molecule has 0 saturated carbocycles. The second-order valence-electron chi connectivity index (χ2n) is 4.06. The minimum Gasteiger partial charge on any atom is -0.385 e. The summed E-state index contributed by atoms with van der Waals surface area (Å²) in [6, 6.07) is 0.542. The predicted octanol–water partition coefficient (Wildman–Crippen LogP) is 2.19. The number of rotatable bonds is 6. The van der Waals surface area contributed by atoms with Crippen molar-refractivity contribution >= 4 is 0 Å². The maximum Gasteiger partial charge on any atom is 0.0476 e. The monoisotopic (exact) mass is 173 g/mol. The molecule has 0 aliphatic carbocycles. The Labute approximate surface area is 76.7 Å². The van der Waals surface area contributed by atoms with Gasteiger partial charge in [0.25, 0.3) is 0 Å². The summed E-state index contributed by atoms with van der Waals surface area (Å²) in [6.07, 6.45) is 2.24. The zero-order chi connectivity index (χ0) is 9.61. The lowest BCUT2D eigenvalue weighted by Gasteiger charge is -2.29. The highest BCUT2D eigenvalue weighted by atomic mass is 16.5. The summed E-state index contributed by atoms with van der Waals surface area (Å²) in [4.78, 5) is 0. The third kappa shape index (κ3) is 5.56. The van der Waals surface area contributed by atoms with Crippen LogP contribution in [0, 0.1) is 0 Å². The standard InChI is InChI=1S/C10H23NO/c1-6-10(3,4)11-9(2)7-8-12-5/h9,11H,6-8H2,1-5H3. The molecule has 0 saturated heterocycles. The molecule has 0 aromatic rings. The van der Waals surface area contributed by atoms with E-state index in [2.05, 4.69) is 33.0 Å². The normalized spacial score (nSPS) is 14.8. The molecule has 0 fully saturated rings. The second kappa shape index (κ2) is 5.55. The lowest BCUT2D eigenvalue weighted by Crippen LogP contribution is -2.44. The van der Waals surface area contributed by atoms with E-state index >= 15 is 0 Å². The van der Waals surface area contributed by atoms with E-state index in [0.29, 0.717) is 6.04 Å². The maximum atomic E-state index is 5.02. The van der Waals surface area contributed by atoms with Crippen molar-refractivity contribution in [3.8, 4) is 0 Å². The van der Waals surface area contributed by atoms with E-state index in [-0.39, 0.29) is 5.54 Å². The molecule has 2 heteroatoms. The quantitative estimate of drug-likeness (QED) is 0.665. The number of hydrogen-bond acceptors (Lipinski definition) is 2. The van der Waals surface area contributed by atoms with Gasteiger partial charge >= 0.3 is 0 Å². The Bertz CT molecular complexity index is 112. The molecule has 0 radical (unpaired) electrons. The second-order valence-corrected chi connectivity index (χ2v) is 4.06. The summed E-state index contributed by atoms with van der Waals surface area (Å²) in [7, 11) is 1.75. The van der Waals surface area contributed by atoms with Gasteiger partial charge in [0.2, 0.25) is 0 Å². The van der Waals surface area contributed by atoms with E-state index in [1.54, 1.807) is 7.11 Å². The minimum atomic E-state index is 0.257. The van der Waals surface area contributed by atoms with Crippen LogP contribution in [0.25, 0.3) is 0 Å². The Morgan fingerprint density at radius 3 is 2.42 bits per heavy atom. The Morgan fingerprint density at radius 2 is 2.00 bits per heavy atom. The van der Waals surface area contributed by atoms with Crippen molar-refractivity contribution in [1.82, 2.24) is 5.32 Å². The molecular weight excluding hydrogens is 150 g/mol. The van der Waals surface area contributed by atoms with Crippen LogP contribution in [-0.4, -0.2) is 25.3 Å². The smallest absolute Gasteiger partial charge is 0.0476 e. The number of nitrogens with one attached hydrogen (secondary N) is 1. The highest BCUT2D eigenvalue weighted by Crippen LogP contribution is 2.09. The van der Waals surface area contributed by atoms with Crippen molar-refractivity contribution in [1.29, 1.82) is 0 Å². The molecule has 1 N–H and O–H groups in total. The van der Waals surface area contributed by atoms with Gasteiger partial charge in [-0.2, -0.15) is 0 Å². The van der Waals surface area contributed by atoms with Crippen molar-refractivity contribution < 1.29 is 4.74 Å². The van der Waals surface area contributed by atoms with E-state index in [9.17, 15) is 0 Å². The zero-order valence-corrected chi connectivity index (χ0v) is 9.11. The van der Waals surface area contributed by atoms with Gasteiger partial charge in [0, 0.05) is 25.3 Å². The lowest BCUT2D eigenvalue weighted by atomic mass is 10.0. The van der Waals surface area contributed by atoms with E-state index < -0.39 is 0 Å². The molecule has 0 bridgehead atoms. The van der Waals surface area contributed by atoms with Crippen LogP contribution in [-0.2, 0) is 4.74 Å². The summed E-state index contributed by atoms with van der Waals surface area (Å²) in [5.41, 5.74) is 0.257. The molecule has 12 heavy (non-hydrogen) atoms. The fourth-order valence-corrected chi connectivity index (χ4v) is 1.14. The van der Waals surface area contributed by atoms with Crippen LogP contribution in [0.3, 0.4) is 0 Å². The van der Waals surface area contributed by atoms with E-state index in [1.165, 1.54) is 0 Å². The molecule has 0 spiro atoms. The SMILES string of the molecule is CCC(C)(C)NC(C)CCOC. The number of hydrogen-bond donors (Lipinski definition) is 1. The molecule has 0 amide bonds. The average Bonchev–Trinajstić information content (AvgIpc) is 2.00. The average molecular weight is 173 g/mol. The topological polar surface area (TPSA) is 21.3 Å². The van der Waals surface area contributed by atoms with Crippen molar-refractivity contribution in [3.63, 3.8) is 0 Å². The van der Waals surface area contributed by atoms with Crippen LogP contribution in [0.15, 0.2) is 0 Å². The summed E-state index contributed by atoms with van der Waals surface area (Å²) >= 11 is 0. The van der Waals surface area contributed by atoms with Gasteiger partial charge in [0.1, 0.15) is 0 Å². The maximum absolute atomic E-state index is 5.02. The third-order valence-electron chi connectivity index (χ3n) is 2.28. The zero-order valence-electron chi connectivity index (χ0n) is 9.11. The van der Waals surface area contributed by atoms with Gasteiger partial charge in [0.05, 0.1) is 0 Å². The van der Waals surface area contributed by atoms with Gasteiger partial charge in [-0.1, -0.05) is 6.92 Å². The molecule has 0 aliphatic rings. The Kier molecular flexibility index (Phi) is 5.51. The summed E-state index contributed by atoms with van der Waals surface area (Å²) in [6.45, 7) is 9.72. The van der Waals surface area contributed by atoms with Crippen LogP contribution in [0.5, 0.6) is 0 Å². The van der Waals surface area contributed by atoms with Gasteiger partial charge < -0.3 is 10.1 Å². The Hall–Kier alpha value is -0.0800. The van der Waals surface area contributed by atoms with Crippen LogP contribution in [0.4, 0.5) is 0 Å². The molecule has 1 atom stereocenters. The molecule has 0 aromatic heterocycles. The molecule has 0 aromatic carbocycles. The molecule has 74 valence electrons. The van der Waals surface area contributed by atoms with Crippen LogP contribution in [0.1, 0.15) is 40.5 Å². The minimum absolute atomic E-state index is 0.257. The summed E-state index contributed by atoms with van der Waals surface area (Å²) in [5.74, 6) is 0. The first-order valence-corrected chi connectivity index (χ1v) is 4.78. The van der Waals surface area contributed by atoms with E-state index in [4.69, 9.17) is 4.74 Å². The Morgan fingerprint density at radius 1 is 1.42 bits per heavy atom. The van der Waals surface area contributed by atoms with E-state index in [0.717, 1.165) is 19.4 Å². The van der Waals surface area contributed by atoms with Crippen LogP contribution < -0.4 is 5.32 Å². The molecular formula is C10H23NO. The molecule has 0 rings (SSSR count). The van der Waals surface area contributed by atoms with Crippen molar-refractivity contribution in [2.45, 2.75) is 52.1 Å². The third-order valence-corrected chi connectivity index (χ3v) is 2.28. The largest absolute Gasteiger partial charge is 0.385 e. The fourth-order valence-electron chi connectivity index (χ4n) is 1.14. The first kappa shape index (κ1) is 11.9. The fraction of sp³-hybridized carbons (Fsp3) is 1.00. The van der Waals surface area contributed by atoms with Crippen molar-refractivity contribution in [3.05, 3.63) is 0 Å². The van der Waals surface area contributed by atoms with Crippen molar-refractivity contribution in [2.24, 2.45) is 0 Å². The van der Waals surface area contributed by atoms with E-state index in [1.807, 2.05) is 0 Å². The van der Waals surface area contributed by atoms with Crippen LogP contribution in [0.2, 0.25) is 0 Å². The number of methoxy groups -OCH3 is 1. The van der Waals surface area contributed by atoms with Gasteiger partial charge in [0.15, 0.2) is 0 Å². The van der Waals surface area contributed by atoms with Crippen molar-refractivity contribution in [2.75, 3.05) is 13.7 Å². The summed E-state index contributed by atoms with van der Waals surface area (Å²) in [5, 5.41) is 3.56. The van der Waals surface area contributed by atoms with Gasteiger partial charge in [-0.3, -0.25) is 0 Å². The van der Waals surface area contributed by atoms with Gasteiger partial charge in [-0.25, -0.2) is 0 Å². The highest BCUT2D eigenvalue weighted by molar-refractivity contribution is 4.78. The molecule has 2 nitrogen and oxygen atoms in total. The summed E-state index contributed by atoms with van der Waals surface area (Å²) < 4.78 is 5.02. The lowest BCUT2D eigenvalue weighted by molar-refractivity contribution is 0.177.